The van der Waals surface area contributed by atoms with Gasteiger partial charge in [0.05, 0.1) is 18.4 Å². The molecule has 106 valence electrons. The van der Waals surface area contributed by atoms with Gasteiger partial charge < -0.3 is 25.7 Å². The van der Waals surface area contributed by atoms with E-state index in [-0.39, 0.29) is 24.6 Å². The van der Waals surface area contributed by atoms with Crippen molar-refractivity contribution in [1.82, 2.24) is 0 Å². The third kappa shape index (κ3) is 4.08. The highest BCUT2D eigenvalue weighted by Gasteiger charge is 2.13. The van der Waals surface area contributed by atoms with E-state index in [1.54, 1.807) is 11.9 Å². The Morgan fingerprint density at radius 3 is 2.79 bits per heavy atom. The summed E-state index contributed by atoms with van der Waals surface area (Å²) in [5, 5.41) is 20.9. The molecule has 1 aromatic carbocycles. The normalized spacial score (nSPS) is 13.4. The molecule has 0 radical (unpaired) electrons. The number of hydrogen-bond acceptors (Lipinski definition) is 5. The first-order valence-electron chi connectivity index (χ1n) is 5.65. The number of nitrogens with two attached hydrogens (primary N) is 1. The Morgan fingerprint density at radius 1 is 1.58 bits per heavy atom. The van der Waals surface area contributed by atoms with Crippen LogP contribution in [0.3, 0.4) is 0 Å². The Kier molecular flexibility index (Phi) is 5.53. The molecule has 1 atom stereocenters. The van der Waals surface area contributed by atoms with Gasteiger partial charge in [-0.05, 0) is 18.2 Å². The predicted octanol–water partition coefficient (Wildman–Crippen LogP) is 0.364. The third-order valence-corrected chi connectivity index (χ3v) is 2.61. The van der Waals surface area contributed by atoms with E-state index in [0.29, 0.717) is 5.69 Å². The van der Waals surface area contributed by atoms with Crippen molar-refractivity contribution < 1.29 is 19.4 Å². The first-order chi connectivity index (χ1) is 8.99. The first-order valence-corrected chi connectivity index (χ1v) is 5.65. The molecule has 1 rings (SSSR count). The van der Waals surface area contributed by atoms with Crippen molar-refractivity contribution in [2.24, 2.45) is 10.9 Å². The van der Waals surface area contributed by atoms with Gasteiger partial charge in [-0.1, -0.05) is 5.16 Å². The number of likely N-dealkylation sites (N-methyl/N-ethyl adjacent to an activating group) is 1. The number of anilines is 1. The van der Waals surface area contributed by atoms with E-state index in [4.69, 9.17) is 15.7 Å². The number of aliphatic hydroxyl groups is 1. The molecule has 0 aliphatic carbocycles. The molecule has 0 amide bonds. The fourth-order valence-corrected chi connectivity index (χ4v) is 1.69. The molecular formula is C12H18FN3O3. The number of hydrogen-bond donors (Lipinski definition) is 3. The maximum absolute atomic E-state index is 13.9. The van der Waals surface area contributed by atoms with E-state index in [1.807, 2.05) is 0 Å². The quantitative estimate of drug-likeness (QED) is 0.301. The highest BCUT2D eigenvalue weighted by molar-refractivity contribution is 5.97. The number of rotatable bonds is 6. The molecule has 19 heavy (non-hydrogen) atoms. The summed E-state index contributed by atoms with van der Waals surface area (Å²) in [6.45, 7) is 0.405. The molecular weight excluding hydrogens is 253 g/mol. The van der Waals surface area contributed by atoms with E-state index in [0.717, 1.165) is 0 Å². The fourth-order valence-electron chi connectivity index (χ4n) is 1.69. The van der Waals surface area contributed by atoms with Gasteiger partial charge in [0.1, 0.15) is 5.82 Å². The molecule has 0 aliphatic rings. The second-order valence-electron chi connectivity index (χ2n) is 4.14. The van der Waals surface area contributed by atoms with Gasteiger partial charge in [-0.25, -0.2) is 4.39 Å². The number of methoxy groups -OCH3 is 1. The van der Waals surface area contributed by atoms with E-state index in [2.05, 4.69) is 5.16 Å². The highest BCUT2D eigenvalue weighted by atomic mass is 19.1. The average Bonchev–Trinajstić information content (AvgIpc) is 2.37. The average molecular weight is 271 g/mol. The van der Waals surface area contributed by atoms with Crippen LogP contribution < -0.4 is 10.6 Å². The lowest BCUT2D eigenvalue weighted by atomic mass is 10.1. The molecule has 6 nitrogen and oxygen atoms in total. The number of benzene rings is 1. The van der Waals surface area contributed by atoms with Crippen LogP contribution in [0.5, 0.6) is 0 Å². The lowest BCUT2D eigenvalue weighted by Gasteiger charge is -2.23. The number of ether oxygens (including phenoxy) is 1. The van der Waals surface area contributed by atoms with E-state index in [9.17, 15) is 9.50 Å². The van der Waals surface area contributed by atoms with Crippen LogP contribution in [0, 0.1) is 5.82 Å². The van der Waals surface area contributed by atoms with Crippen LogP contribution in [0.15, 0.2) is 23.4 Å². The SMILES string of the molecule is COCC(O)CN(C)c1ccc(C(N)=NO)cc1F. The molecule has 7 heteroatoms. The largest absolute Gasteiger partial charge is 0.409 e. The second-order valence-corrected chi connectivity index (χ2v) is 4.14. The maximum atomic E-state index is 13.9. The molecule has 0 heterocycles. The Labute approximate surface area is 110 Å². The smallest absolute Gasteiger partial charge is 0.170 e. The topological polar surface area (TPSA) is 91.3 Å². The minimum Gasteiger partial charge on any atom is -0.409 e. The van der Waals surface area contributed by atoms with Crippen LogP contribution in [0.1, 0.15) is 5.56 Å². The Morgan fingerprint density at radius 2 is 2.26 bits per heavy atom. The van der Waals surface area contributed by atoms with Gasteiger partial charge >= 0.3 is 0 Å². The van der Waals surface area contributed by atoms with Crippen molar-refractivity contribution in [1.29, 1.82) is 0 Å². The second kappa shape index (κ2) is 6.91. The summed E-state index contributed by atoms with van der Waals surface area (Å²) in [5.41, 5.74) is 5.97. The molecule has 0 fully saturated rings. The zero-order valence-corrected chi connectivity index (χ0v) is 10.9. The summed E-state index contributed by atoms with van der Waals surface area (Å²) in [5.74, 6) is -0.677. The number of oxime groups is 1. The van der Waals surface area contributed by atoms with Crippen LogP contribution >= 0.6 is 0 Å². The first kappa shape index (κ1) is 15.2. The third-order valence-electron chi connectivity index (χ3n) is 2.61. The maximum Gasteiger partial charge on any atom is 0.170 e. The van der Waals surface area contributed by atoms with Crippen LogP contribution in [0.25, 0.3) is 0 Å². The number of amidine groups is 1. The lowest BCUT2D eigenvalue weighted by molar-refractivity contribution is 0.0694. The van der Waals surface area contributed by atoms with Gasteiger partial charge in [0, 0.05) is 26.3 Å². The van der Waals surface area contributed by atoms with Crippen molar-refractivity contribution in [3.05, 3.63) is 29.6 Å². The molecule has 0 bridgehead atoms. The van der Waals surface area contributed by atoms with Crippen molar-refractivity contribution >= 4 is 11.5 Å². The predicted molar refractivity (Wildman–Crippen MR) is 70.1 cm³/mol. The summed E-state index contributed by atoms with van der Waals surface area (Å²) in [6.07, 6.45) is -0.710. The van der Waals surface area contributed by atoms with E-state index in [1.165, 1.54) is 25.3 Å². The lowest BCUT2D eigenvalue weighted by Crippen LogP contribution is -2.32. The molecule has 1 unspecified atom stereocenters. The van der Waals surface area contributed by atoms with Gasteiger partial charge in [-0.15, -0.1) is 0 Å². The van der Waals surface area contributed by atoms with Gasteiger partial charge in [-0.3, -0.25) is 0 Å². The molecule has 0 spiro atoms. The zero-order chi connectivity index (χ0) is 14.4. The molecule has 4 N–H and O–H groups in total. The molecule has 0 aromatic heterocycles. The number of aliphatic hydroxyl groups excluding tert-OH is 1. The minimum absolute atomic E-state index is 0.160. The number of nitrogens with zero attached hydrogens (tertiary/aromatic N) is 2. The zero-order valence-electron chi connectivity index (χ0n) is 10.9. The summed E-state index contributed by atoms with van der Waals surface area (Å²) >= 11 is 0. The summed E-state index contributed by atoms with van der Waals surface area (Å²) in [6, 6.07) is 4.21. The molecule has 0 saturated heterocycles. The van der Waals surface area contributed by atoms with Gasteiger partial charge in [0.25, 0.3) is 0 Å². The Balaban J connectivity index is 2.84. The summed E-state index contributed by atoms with van der Waals surface area (Å²) in [4.78, 5) is 1.56. The highest BCUT2D eigenvalue weighted by Crippen LogP contribution is 2.19. The van der Waals surface area contributed by atoms with Crippen molar-refractivity contribution in [2.75, 3.05) is 32.2 Å². The van der Waals surface area contributed by atoms with Crippen LogP contribution in [-0.4, -0.2) is 49.6 Å². The number of halogens is 1. The van der Waals surface area contributed by atoms with E-state index < -0.39 is 11.9 Å². The minimum atomic E-state index is -0.710. The van der Waals surface area contributed by atoms with Crippen LogP contribution in [0.2, 0.25) is 0 Å². The fraction of sp³-hybridized carbons (Fsp3) is 0.417. The molecule has 1 aromatic rings. The monoisotopic (exact) mass is 271 g/mol. The van der Waals surface area contributed by atoms with E-state index >= 15 is 0 Å². The van der Waals surface area contributed by atoms with Crippen LogP contribution in [-0.2, 0) is 4.74 Å². The molecule has 0 saturated carbocycles. The molecule has 0 aliphatic heterocycles. The van der Waals surface area contributed by atoms with Crippen molar-refractivity contribution in [3.8, 4) is 0 Å². The van der Waals surface area contributed by atoms with Gasteiger partial charge in [-0.2, -0.15) is 0 Å². The van der Waals surface area contributed by atoms with Crippen LogP contribution in [0.4, 0.5) is 10.1 Å². The van der Waals surface area contributed by atoms with Gasteiger partial charge in [0.2, 0.25) is 0 Å². The van der Waals surface area contributed by atoms with Crippen molar-refractivity contribution in [2.45, 2.75) is 6.10 Å². The Bertz CT molecular complexity index is 454. The summed E-state index contributed by atoms with van der Waals surface area (Å²) in [7, 11) is 3.13. The summed E-state index contributed by atoms with van der Waals surface area (Å²) < 4.78 is 18.7. The Hall–Kier alpha value is -1.86. The van der Waals surface area contributed by atoms with Gasteiger partial charge in [0.15, 0.2) is 5.84 Å². The van der Waals surface area contributed by atoms with Crippen molar-refractivity contribution in [3.63, 3.8) is 0 Å². The standard InChI is InChI=1S/C12H18FN3O3/c1-16(6-9(17)7-19-2)11-4-3-8(5-10(11)13)12(14)15-18/h3-5,9,17-18H,6-7H2,1-2H3,(H2,14,15).